The van der Waals surface area contributed by atoms with Crippen LogP contribution < -0.4 is 0 Å². The number of aliphatic carboxylic acids is 1. The maximum Gasteiger partial charge on any atom is 0.379 e. The molecular formula is C10H7F2NO2. The van der Waals surface area contributed by atoms with E-state index in [2.05, 4.69) is 0 Å². The topological polar surface area (TPSA) is 61.1 Å². The van der Waals surface area contributed by atoms with E-state index in [1.54, 1.807) is 13.0 Å². The van der Waals surface area contributed by atoms with Crippen LogP contribution in [0, 0.1) is 18.3 Å². The van der Waals surface area contributed by atoms with Crippen LogP contribution in [0.3, 0.4) is 0 Å². The van der Waals surface area contributed by atoms with Crippen LogP contribution in [0.4, 0.5) is 8.78 Å². The summed E-state index contributed by atoms with van der Waals surface area (Å²) in [5, 5.41) is 16.9. The van der Waals surface area contributed by atoms with Crippen molar-refractivity contribution < 1.29 is 18.7 Å². The molecule has 0 aliphatic carbocycles. The number of benzene rings is 1. The molecule has 0 bridgehead atoms. The Balaban J connectivity index is 3.30. The van der Waals surface area contributed by atoms with E-state index in [-0.39, 0.29) is 5.56 Å². The highest BCUT2D eigenvalue weighted by Crippen LogP contribution is 2.29. The van der Waals surface area contributed by atoms with Gasteiger partial charge in [-0.2, -0.15) is 14.0 Å². The number of rotatable bonds is 2. The molecule has 78 valence electrons. The largest absolute Gasteiger partial charge is 0.477 e. The molecule has 15 heavy (non-hydrogen) atoms. The molecule has 0 atom stereocenters. The molecule has 0 fully saturated rings. The van der Waals surface area contributed by atoms with Crippen molar-refractivity contribution in [1.29, 1.82) is 5.26 Å². The van der Waals surface area contributed by atoms with Crippen LogP contribution in [0.2, 0.25) is 0 Å². The van der Waals surface area contributed by atoms with E-state index in [0.717, 1.165) is 12.1 Å². The van der Waals surface area contributed by atoms with Crippen molar-refractivity contribution >= 4 is 5.97 Å². The lowest BCUT2D eigenvalue weighted by Gasteiger charge is -2.11. The van der Waals surface area contributed by atoms with Crippen LogP contribution in [-0.4, -0.2) is 11.1 Å². The Kier molecular flexibility index (Phi) is 2.71. The number of hydrogen-bond donors (Lipinski definition) is 1. The molecule has 0 heterocycles. The fraction of sp³-hybridized carbons (Fsp3) is 0.200. The van der Waals surface area contributed by atoms with Gasteiger partial charge in [0.2, 0.25) is 0 Å². The Labute approximate surface area is 84.6 Å². The summed E-state index contributed by atoms with van der Waals surface area (Å²) < 4.78 is 26.0. The highest BCUT2D eigenvalue weighted by Gasteiger charge is 2.41. The van der Waals surface area contributed by atoms with E-state index >= 15 is 0 Å². The number of nitriles is 1. The molecule has 5 heteroatoms. The molecule has 0 unspecified atom stereocenters. The number of aryl methyl sites for hydroxylation is 1. The molecule has 1 aromatic rings. The van der Waals surface area contributed by atoms with Gasteiger partial charge < -0.3 is 5.11 Å². The Bertz CT molecular complexity index is 449. The smallest absolute Gasteiger partial charge is 0.379 e. The zero-order valence-electron chi connectivity index (χ0n) is 7.79. The fourth-order valence-electron chi connectivity index (χ4n) is 1.06. The summed E-state index contributed by atoms with van der Waals surface area (Å²) in [5.41, 5.74) is -0.104. The van der Waals surface area contributed by atoms with Gasteiger partial charge in [-0.05, 0) is 18.6 Å². The average molecular weight is 211 g/mol. The van der Waals surface area contributed by atoms with Gasteiger partial charge >= 0.3 is 11.9 Å². The zero-order valence-corrected chi connectivity index (χ0v) is 7.79. The molecule has 3 nitrogen and oxygen atoms in total. The summed E-state index contributed by atoms with van der Waals surface area (Å²) in [5.74, 6) is -6.19. The average Bonchev–Trinajstić information content (AvgIpc) is 2.18. The minimum absolute atomic E-state index is 0.0495. The Morgan fingerprint density at radius 2 is 2.13 bits per heavy atom. The van der Waals surface area contributed by atoms with Gasteiger partial charge in [-0.1, -0.05) is 12.1 Å². The monoisotopic (exact) mass is 211 g/mol. The molecule has 0 saturated heterocycles. The van der Waals surface area contributed by atoms with Gasteiger partial charge in [0.25, 0.3) is 0 Å². The van der Waals surface area contributed by atoms with Crippen LogP contribution in [0.1, 0.15) is 16.7 Å². The molecule has 0 saturated carbocycles. The van der Waals surface area contributed by atoms with Crippen molar-refractivity contribution in [2.45, 2.75) is 12.8 Å². The number of nitrogens with zero attached hydrogens (tertiary/aromatic N) is 1. The van der Waals surface area contributed by atoms with E-state index < -0.39 is 17.5 Å². The first-order chi connectivity index (χ1) is 6.89. The second-order valence-electron chi connectivity index (χ2n) is 3.02. The van der Waals surface area contributed by atoms with E-state index in [0.29, 0.717) is 5.56 Å². The van der Waals surface area contributed by atoms with Crippen LogP contribution in [0.15, 0.2) is 18.2 Å². The van der Waals surface area contributed by atoms with Crippen molar-refractivity contribution in [2.75, 3.05) is 0 Å². The summed E-state index contributed by atoms with van der Waals surface area (Å²) in [6, 6.07) is 4.91. The second kappa shape index (κ2) is 3.65. The van der Waals surface area contributed by atoms with Gasteiger partial charge in [0.05, 0.1) is 11.6 Å². The molecule has 0 spiro atoms. The predicted molar refractivity (Wildman–Crippen MR) is 47.4 cm³/mol. The van der Waals surface area contributed by atoms with Crippen LogP contribution in [0.25, 0.3) is 0 Å². The van der Waals surface area contributed by atoms with Gasteiger partial charge in [-0.3, -0.25) is 0 Å². The lowest BCUT2D eigenvalue weighted by molar-refractivity contribution is -0.166. The van der Waals surface area contributed by atoms with Crippen molar-refractivity contribution in [3.63, 3.8) is 0 Å². The second-order valence-corrected chi connectivity index (χ2v) is 3.02. The first-order valence-corrected chi connectivity index (χ1v) is 4.02. The van der Waals surface area contributed by atoms with Crippen LogP contribution in [0.5, 0.6) is 0 Å². The van der Waals surface area contributed by atoms with Crippen molar-refractivity contribution in [3.05, 3.63) is 34.9 Å². The van der Waals surface area contributed by atoms with Crippen molar-refractivity contribution in [3.8, 4) is 6.07 Å². The molecule has 0 amide bonds. The maximum absolute atomic E-state index is 13.0. The number of hydrogen-bond acceptors (Lipinski definition) is 2. The minimum Gasteiger partial charge on any atom is -0.477 e. The van der Waals surface area contributed by atoms with Crippen LogP contribution in [-0.2, 0) is 10.7 Å². The van der Waals surface area contributed by atoms with Crippen LogP contribution >= 0.6 is 0 Å². The molecular weight excluding hydrogens is 204 g/mol. The number of carboxylic acids is 1. The molecule has 0 radical (unpaired) electrons. The maximum atomic E-state index is 13.0. The minimum atomic E-state index is -3.96. The van der Waals surface area contributed by atoms with Crippen molar-refractivity contribution in [1.82, 2.24) is 0 Å². The highest BCUT2D eigenvalue weighted by molar-refractivity contribution is 5.77. The fourth-order valence-corrected chi connectivity index (χ4v) is 1.06. The molecule has 1 rings (SSSR count). The first-order valence-electron chi connectivity index (χ1n) is 4.02. The van der Waals surface area contributed by atoms with E-state index in [9.17, 15) is 13.6 Å². The van der Waals surface area contributed by atoms with Gasteiger partial charge in [0, 0.05) is 5.56 Å². The van der Waals surface area contributed by atoms with E-state index in [1.807, 2.05) is 0 Å². The Morgan fingerprint density at radius 1 is 1.53 bits per heavy atom. The summed E-state index contributed by atoms with van der Waals surface area (Å²) >= 11 is 0. The van der Waals surface area contributed by atoms with Gasteiger partial charge in [-0.15, -0.1) is 0 Å². The van der Waals surface area contributed by atoms with Crippen molar-refractivity contribution in [2.24, 2.45) is 0 Å². The molecule has 0 aliphatic heterocycles. The van der Waals surface area contributed by atoms with E-state index in [1.165, 1.54) is 6.07 Å². The third kappa shape index (κ3) is 1.94. The third-order valence-corrected chi connectivity index (χ3v) is 1.99. The summed E-state index contributed by atoms with van der Waals surface area (Å²) in [7, 11) is 0. The number of halogens is 2. The van der Waals surface area contributed by atoms with Gasteiger partial charge in [0.15, 0.2) is 0 Å². The number of alkyl halides is 2. The van der Waals surface area contributed by atoms with Gasteiger partial charge in [0.1, 0.15) is 0 Å². The zero-order chi connectivity index (χ0) is 11.6. The molecule has 0 aliphatic rings. The first kappa shape index (κ1) is 11.1. The quantitative estimate of drug-likeness (QED) is 0.814. The summed E-state index contributed by atoms with van der Waals surface area (Å²) in [6.45, 7) is 1.58. The molecule has 1 aromatic carbocycles. The van der Waals surface area contributed by atoms with Gasteiger partial charge in [-0.25, -0.2) is 4.79 Å². The lowest BCUT2D eigenvalue weighted by Crippen LogP contribution is -2.25. The standard InChI is InChI=1S/C10H7F2NO2/c1-6-2-3-8(4-7(6)5-13)10(11,12)9(14)15/h2-4H,1H3,(H,14,15). The third-order valence-electron chi connectivity index (χ3n) is 1.99. The Morgan fingerprint density at radius 3 is 2.60 bits per heavy atom. The summed E-state index contributed by atoms with van der Waals surface area (Å²) in [4.78, 5) is 10.3. The SMILES string of the molecule is Cc1ccc(C(F)(F)C(=O)O)cc1C#N. The summed E-state index contributed by atoms with van der Waals surface area (Å²) in [6.07, 6.45) is 0. The van der Waals surface area contributed by atoms with E-state index in [4.69, 9.17) is 10.4 Å². The molecule has 1 N–H and O–H groups in total. The lowest BCUT2D eigenvalue weighted by atomic mass is 10.0. The molecule has 0 aromatic heterocycles. The highest BCUT2D eigenvalue weighted by atomic mass is 19.3. The normalized spacial score (nSPS) is 10.8. The Hall–Kier alpha value is -1.96. The number of carbonyl (C=O) groups is 1. The number of carboxylic acid groups (broad SMARTS) is 1. The predicted octanol–water partition coefficient (Wildman–Crippen LogP) is 2.04.